The summed E-state index contributed by atoms with van der Waals surface area (Å²) >= 11 is 0. The predicted molar refractivity (Wildman–Crippen MR) is 85.0 cm³/mol. The van der Waals surface area contributed by atoms with Crippen molar-refractivity contribution in [2.75, 3.05) is 7.05 Å². The van der Waals surface area contributed by atoms with Crippen LogP contribution in [0, 0.1) is 18.6 Å². The Labute approximate surface area is 135 Å². The van der Waals surface area contributed by atoms with Gasteiger partial charge in [0.15, 0.2) is 0 Å². The van der Waals surface area contributed by atoms with E-state index >= 15 is 0 Å². The molecule has 0 radical (unpaired) electrons. The summed E-state index contributed by atoms with van der Waals surface area (Å²) in [7, 11) is 1.68. The molecule has 0 N–H and O–H groups in total. The van der Waals surface area contributed by atoms with Gasteiger partial charge in [0.05, 0.1) is 6.42 Å². The van der Waals surface area contributed by atoms with E-state index in [1.807, 2.05) is 26.0 Å². The molecule has 0 aliphatic carbocycles. The van der Waals surface area contributed by atoms with E-state index in [4.69, 9.17) is 0 Å². The molecule has 0 spiro atoms. The highest BCUT2D eigenvalue weighted by Crippen LogP contribution is 2.13. The second-order valence-corrected chi connectivity index (χ2v) is 5.79. The summed E-state index contributed by atoms with van der Waals surface area (Å²) < 4.78 is 26.6. The molecule has 0 unspecified atom stereocenters. The molecule has 1 heterocycles. The molecular weight excluding hydrogens is 298 g/mol. The standard InChI is InChI=1S/C18H20F2N2O/c1-12-6-7-21-16(8-12)9-13(2)22(3)18(23)10-14-4-5-15(19)11-17(14)20/h4-8,11,13H,9-10H2,1-3H3/t13-/m0/s1. The van der Waals surface area contributed by atoms with Crippen LogP contribution in [-0.4, -0.2) is 28.9 Å². The molecule has 1 amide bonds. The fourth-order valence-corrected chi connectivity index (χ4v) is 2.35. The number of nitrogens with zero attached hydrogens (tertiary/aromatic N) is 2. The summed E-state index contributed by atoms with van der Waals surface area (Å²) in [6, 6.07) is 7.09. The Hall–Kier alpha value is -2.30. The van der Waals surface area contributed by atoms with E-state index in [0.717, 1.165) is 23.4 Å². The number of aromatic nitrogens is 1. The minimum Gasteiger partial charge on any atom is -0.342 e. The first-order chi connectivity index (χ1) is 10.9. The third kappa shape index (κ3) is 4.58. The zero-order valence-electron chi connectivity index (χ0n) is 13.5. The molecule has 0 bridgehead atoms. The van der Waals surface area contributed by atoms with Crippen LogP contribution in [0.25, 0.3) is 0 Å². The first-order valence-electron chi connectivity index (χ1n) is 7.48. The van der Waals surface area contributed by atoms with Crippen LogP contribution in [0.3, 0.4) is 0 Å². The lowest BCUT2D eigenvalue weighted by Crippen LogP contribution is -2.37. The van der Waals surface area contributed by atoms with Gasteiger partial charge in [0.1, 0.15) is 11.6 Å². The van der Waals surface area contributed by atoms with Crippen LogP contribution in [0.4, 0.5) is 8.78 Å². The van der Waals surface area contributed by atoms with Gasteiger partial charge in [-0.15, -0.1) is 0 Å². The van der Waals surface area contributed by atoms with Crippen LogP contribution in [-0.2, 0) is 17.6 Å². The lowest BCUT2D eigenvalue weighted by Gasteiger charge is -2.25. The molecule has 122 valence electrons. The van der Waals surface area contributed by atoms with Gasteiger partial charge < -0.3 is 4.90 Å². The van der Waals surface area contributed by atoms with E-state index in [1.165, 1.54) is 6.07 Å². The van der Waals surface area contributed by atoms with Gasteiger partial charge in [-0.2, -0.15) is 0 Å². The van der Waals surface area contributed by atoms with Gasteiger partial charge in [0, 0.05) is 37.5 Å². The minimum absolute atomic E-state index is 0.0692. The Morgan fingerprint density at radius 3 is 2.65 bits per heavy atom. The molecular formula is C18H20F2N2O. The van der Waals surface area contributed by atoms with E-state index in [-0.39, 0.29) is 23.9 Å². The highest BCUT2D eigenvalue weighted by Gasteiger charge is 2.18. The Morgan fingerprint density at radius 2 is 2.00 bits per heavy atom. The topological polar surface area (TPSA) is 33.2 Å². The van der Waals surface area contributed by atoms with Gasteiger partial charge in [0.25, 0.3) is 0 Å². The second-order valence-electron chi connectivity index (χ2n) is 5.79. The average molecular weight is 318 g/mol. The monoisotopic (exact) mass is 318 g/mol. The fourth-order valence-electron chi connectivity index (χ4n) is 2.35. The number of carbonyl (C=O) groups is 1. The summed E-state index contributed by atoms with van der Waals surface area (Å²) in [4.78, 5) is 18.2. The van der Waals surface area contributed by atoms with E-state index in [1.54, 1.807) is 18.1 Å². The maximum atomic E-state index is 13.6. The summed E-state index contributed by atoms with van der Waals surface area (Å²) in [5, 5.41) is 0. The average Bonchev–Trinajstić information content (AvgIpc) is 2.49. The molecule has 23 heavy (non-hydrogen) atoms. The molecule has 1 atom stereocenters. The van der Waals surface area contributed by atoms with Crippen molar-refractivity contribution in [3.8, 4) is 0 Å². The fraction of sp³-hybridized carbons (Fsp3) is 0.333. The maximum absolute atomic E-state index is 13.6. The zero-order chi connectivity index (χ0) is 17.0. The molecule has 1 aromatic heterocycles. The minimum atomic E-state index is -0.695. The normalized spacial score (nSPS) is 12.0. The number of benzene rings is 1. The number of amides is 1. The van der Waals surface area contributed by atoms with Gasteiger partial charge >= 0.3 is 0 Å². The third-order valence-electron chi connectivity index (χ3n) is 3.89. The zero-order valence-corrected chi connectivity index (χ0v) is 13.5. The summed E-state index contributed by atoms with van der Waals surface area (Å²) in [6.07, 6.45) is 2.27. The summed E-state index contributed by atoms with van der Waals surface area (Å²) in [5.41, 5.74) is 2.22. The maximum Gasteiger partial charge on any atom is 0.227 e. The molecule has 0 aliphatic heterocycles. The molecule has 5 heteroatoms. The Kier molecular flexibility index (Phi) is 5.42. The molecule has 0 saturated heterocycles. The first kappa shape index (κ1) is 17.1. The van der Waals surface area contributed by atoms with Crippen molar-refractivity contribution in [1.29, 1.82) is 0 Å². The quantitative estimate of drug-likeness (QED) is 0.847. The van der Waals surface area contributed by atoms with Gasteiger partial charge in [-0.05, 0) is 43.2 Å². The second kappa shape index (κ2) is 7.31. The van der Waals surface area contributed by atoms with E-state index in [9.17, 15) is 13.6 Å². The molecule has 1 aromatic carbocycles. The number of aryl methyl sites for hydroxylation is 1. The van der Waals surface area contributed by atoms with Gasteiger partial charge in [0.2, 0.25) is 5.91 Å². The van der Waals surface area contributed by atoms with Crippen molar-refractivity contribution in [1.82, 2.24) is 9.88 Å². The number of hydrogen-bond acceptors (Lipinski definition) is 2. The van der Waals surface area contributed by atoms with Crippen LogP contribution < -0.4 is 0 Å². The molecule has 0 aliphatic rings. The molecule has 2 aromatic rings. The summed E-state index contributed by atoms with van der Waals surface area (Å²) in [5.74, 6) is -1.55. The molecule has 2 rings (SSSR count). The van der Waals surface area contributed by atoms with Gasteiger partial charge in [-0.25, -0.2) is 8.78 Å². The third-order valence-corrected chi connectivity index (χ3v) is 3.89. The lowest BCUT2D eigenvalue weighted by molar-refractivity contribution is -0.130. The number of hydrogen-bond donors (Lipinski definition) is 0. The number of halogens is 2. The van der Waals surface area contributed by atoms with Crippen molar-refractivity contribution >= 4 is 5.91 Å². The number of carbonyl (C=O) groups excluding carboxylic acids is 1. The van der Waals surface area contributed by atoms with E-state index < -0.39 is 11.6 Å². The van der Waals surface area contributed by atoms with Crippen LogP contribution in [0.2, 0.25) is 0 Å². The highest BCUT2D eigenvalue weighted by molar-refractivity contribution is 5.78. The smallest absolute Gasteiger partial charge is 0.227 e. The van der Waals surface area contributed by atoms with Gasteiger partial charge in [-0.1, -0.05) is 6.07 Å². The lowest BCUT2D eigenvalue weighted by atomic mass is 10.1. The predicted octanol–water partition coefficient (Wildman–Crippen LogP) is 3.30. The number of rotatable bonds is 5. The SMILES string of the molecule is Cc1ccnc(C[C@H](C)N(C)C(=O)Cc2ccc(F)cc2F)c1. The Bertz CT molecular complexity index is 703. The molecule has 0 fully saturated rings. The number of pyridine rings is 1. The van der Waals surface area contributed by atoms with Crippen LogP contribution in [0.5, 0.6) is 0 Å². The Morgan fingerprint density at radius 1 is 1.26 bits per heavy atom. The highest BCUT2D eigenvalue weighted by atomic mass is 19.1. The largest absolute Gasteiger partial charge is 0.342 e. The molecule has 0 saturated carbocycles. The van der Waals surface area contributed by atoms with Crippen molar-refractivity contribution in [2.45, 2.75) is 32.7 Å². The van der Waals surface area contributed by atoms with Crippen molar-refractivity contribution in [3.05, 3.63) is 65.0 Å². The Balaban J connectivity index is 2.01. The van der Waals surface area contributed by atoms with Crippen LogP contribution in [0.15, 0.2) is 36.5 Å². The van der Waals surface area contributed by atoms with E-state index in [2.05, 4.69) is 4.98 Å². The van der Waals surface area contributed by atoms with Crippen LogP contribution >= 0.6 is 0 Å². The van der Waals surface area contributed by atoms with Crippen LogP contribution in [0.1, 0.15) is 23.7 Å². The van der Waals surface area contributed by atoms with E-state index in [0.29, 0.717) is 6.42 Å². The van der Waals surface area contributed by atoms with Crippen molar-refractivity contribution in [3.63, 3.8) is 0 Å². The first-order valence-corrected chi connectivity index (χ1v) is 7.48. The number of likely N-dealkylation sites (N-methyl/N-ethyl adjacent to an activating group) is 1. The summed E-state index contributed by atoms with van der Waals surface area (Å²) in [6.45, 7) is 3.91. The molecule has 3 nitrogen and oxygen atoms in total. The van der Waals surface area contributed by atoms with Crippen molar-refractivity contribution < 1.29 is 13.6 Å². The van der Waals surface area contributed by atoms with Gasteiger partial charge in [-0.3, -0.25) is 9.78 Å². The van der Waals surface area contributed by atoms with Crippen molar-refractivity contribution in [2.24, 2.45) is 0 Å².